The lowest BCUT2D eigenvalue weighted by Gasteiger charge is -2.39. The highest BCUT2D eigenvalue weighted by molar-refractivity contribution is 8.23. The normalized spacial score (nSPS) is 18.6. The van der Waals surface area contributed by atoms with Gasteiger partial charge in [0.15, 0.2) is 8.32 Å². The predicted octanol–water partition coefficient (Wildman–Crippen LogP) is 7.76. The van der Waals surface area contributed by atoms with Crippen LogP contribution in [0.2, 0.25) is 18.1 Å². The molecule has 1 heterocycles. The number of carbonyl (C=O) groups is 2. The summed E-state index contributed by atoms with van der Waals surface area (Å²) < 4.78 is 13.6. The summed E-state index contributed by atoms with van der Waals surface area (Å²) in [6, 6.07) is 12.9. The number of hydrogen-bond acceptors (Lipinski definition) is 6. The molecule has 0 aliphatic carbocycles. The van der Waals surface area contributed by atoms with E-state index in [0.29, 0.717) is 17.2 Å². The van der Waals surface area contributed by atoms with Gasteiger partial charge in [0.05, 0.1) is 18.1 Å². The highest BCUT2D eigenvalue weighted by atomic mass is 32.2. The summed E-state index contributed by atoms with van der Waals surface area (Å²) in [5.41, 5.74) is 1.07. The zero-order valence-corrected chi connectivity index (χ0v) is 26.5. The third kappa shape index (κ3) is 8.64. The third-order valence-corrected chi connectivity index (χ3v) is 13.8. The van der Waals surface area contributed by atoms with Crippen molar-refractivity contribution in [2.45, 2.75) is 111 Å². The first-order valence-corrected chi connectivity index (χ1v) is 18.0. The summed E-state index contributed by atoms with van der Waals surface area (Å²) in [6.45, 7) is 14.7. The van der Waals surface area contributed by atoms with Crippen LogP contribution in [0.5, 0.6) is 0 Å². The first-order chi connectivity index (χ1) is 17.6. The minimum atomic E-state index is -2.00. The van der Waals surface area contributed by atoms with E-state index in [1.165, 1.54) is 0 Å². The van der Waals surface area contributed by atoms with E-state index in [1.807, 2.05) is 39.0 Å². The van der Waals surface area contributed by atoms with Gasteiger partial charge in [0.1, 0.15) is 10.4 Å². The highest BCUT2D eigenvalue weighted by Gasteiger charge is 2.45. The molecule has 1 saturated heterocycles. The van der Waals surface area contributed by atoms with E-state index >= 15 is 0 Å². The Morgan fingerprint density at radius 2 is 1.70 bits per heavy atom. The molecule has 0 aromatic heterocycles. The Kier molecular flexibility index (Phi) is 13.3. The lowest BCUT2D eigenvalue weighted by atomic mass is 9.90. The molecule has 1 fully saturated rings. The SMILES string of the molecule is CCCC[C@@H](C(=O)N1C(=S)SC[C@H]1c1ccccc1)[C@@H](OC(=O)CC(C)C)[C@H](C)O[Si](CC)(CC)CC. The van der Waals surface area contributed by atoms with Gasteiger partial charge in [-0.2, -0.15) is 0 Å². The molecule has 0 bridgehead atoms. The minimum absolute atomic E-state index is 0.0492. The maximum Gasteiger partial charge on any atom is 0.306 e. The lowest BCUT2D eigenvalue weighted by molar-refractivity contribution is -0.163. The van der Waals surface area contributed by atoms with Crippen molar-refractivity contribution in [2.24, 2.45) is 11.8 Å². The zero-order valence-electron chi connectivity index (χ0n) is 23.8. The number of carbonyl (C=O) groups excluding carboxylic acids is 2. The van der Waals surface area contributed by atoms with Crippen LogP contribution in [0.3, 0.4) is 0 Å². The smallest absolute Gasteiger partial charge is 0.306 e. The number of thiocarbonyl (C=S) groups is 1. The van der Waals surface area contributed by atoms with E-state index in [4.69, 9.17) is 21.4 Å². The van der Waals surface area contributed by atoms with Crippen molar-refractivity contribution in [1.82, 2.24) is 4.90 Å². The van der Waals surface area contributed by atoms with E-state index in [1.54, 1.807) is 16.7 Å². The van der Waals surface area contributed by atoms with Gasteiger partial charge in [-0.1, -0.05) is 109 Å². The summed E-state index contributed by atoms with van der Waals surface area (Å²) in [7, 11) is -2.00. The number of rotatable bonds is 15. The van der Waals surface area contributed by atoms with E-state index < -0.39 is 20.3 Å². The van der Waals surface area contributed by atoms with Gasteiger partial charge in [-0.25, -0.2) is 0 Å². The van der Waals surface area contributed by atoms with Gasteiger partial charge in [-0.05, 0) is 43.0 Å². The summed E-state index contributed by atoms with van der Waals surface area (Å²) in [6.07, 6.45) is 1.75. The van der Waals surface area contributed by atoms with Gasteiger partial charge in [0, 0.05) is 12.2 Å². The molecular formula is C29H47NO4S2Si. The van der Waals surface area contributed by atoms with Gasteiger partial charge < -0.3 is 9.16 Å². The van der Waals surface area contributed by atoms with Crippen molar-refractivity contribution in [3.05, 3.63) is 35.9 Å². The van der Waals surface area contributed by atoms with Gasteiger partial charge >= 0.3 is 5.97 Å². The first kappa shape index (κ1) is 32.0. The van der Waals surface area contributed by atoms with Crippen LogP contribution in [0.1, 0.15) is 85.8 Å². The quantitative estimate of drug-likeness (QED) is 0.123. The topological polar surface area (TPSA) is 55.8 Å². The molecule has 37 heavy (non-hydrogen) atoms. The summed E-state index contributed by atoms with van der Waals surface area (Å²) in [5, 5.41) is 0. The molecule has 0 spiro atoms. The summed E-state index contributed by atoms with van der Waals surface area (Å²) in [4.78, 5) is 29.1. The highest BCUT2D eigenvalue weighted by Crippen LogP contribution is 2.39. The van der Waals surface area contributed by atoms with E-state index in [2.05, 4.69) is 39.8 Å². The van der Waals surface area contributed by atoms with Crippen LogP contribution in [0.4, 0.5) is 0 Å². The fourth-order valence-corrected chi connectivity index (χ4v) is 9.46. The lowest BCUT2D eigenvalue weighted by Crippen LogP contribution is -2.51. The molecule has 0 radical (unpaired) electrons. The molecule has 0 unspecified atom stereocenters. The Morgan fingerprint density at radius 3 is 2.24 bits per heavy atom. The Hall–Kier alpha value is -1.22. The van der Waals surface area contributed by atoms with Crippen LogP contribution in [0.15, 0.2) is 30.3 Å². The van der Waals surface area contributed by atoms with E-state index in [-0.39, 0.29) is 29.9 Å². The Labute approximate surface area is 235 Å². The average Bonchev–Trinajstić information content (AvgIpc) is 3.27. The van der Waals surface area contributed by atoms with Crippen molar-refractivity contribution in [2.75, 3.05) is 5.75 Å². The number of hydrogen-bond donors (Lipinski definition) is 0. The predicted molar refractivity (Wildman–Crippen MR) is 161 cm³/mol. The van der Waals surface area contributed by atoms with Gasteiger partial charge in [0.2, 0.25) is 5.91 Å². The minimum Gasteiger partial charge on any atom is -0.459 e. The Bertz CT molecular complexity index is 870. The van der Waals surface area contributed by atoms with Crippen LogP contribution in [-0.4, -0.2) is 47.4 Å². The number of amides is 1. The first-order valence-electron chi connectivity index (χ1n) is 14.0. The van der Waals surface area contributed by atoms with Crippen molar-refractivity contribution in [3.8, 4) is 0 Å². The molecular weight excluding hydrogens is 519 g/mol. The number of ether oxygens (including phenoxy) is 1. The molecule has 5 nitrogen and oxygen atoms in total. The maximum atomic E-state index is 14.4. The number of esters is 1. The maximum absolute atomic E-state index is 14.4. The number of thioether (sulfide) groups is 1. The summed E-state index contributed by atoms with van der Waals surface area (Å²) >= 11 is 7.25. The zero-order chi connectivity index (χ0) is 27.6. The molecule has 2 rings (SSSR count). The molecule has 1 aromatic rings. The second kappa shape index (κ2) is 15.4. The van der Waals surface area contributed by atoms with Crippen LogP contribution < -0.4 is 0 Å². The molecule has 1 aromatic carbocycles. The number of benzene rings is 1. The van der Waals surface area contributed by atoms with Crippen molar-refractivity contribution in [3.63, 3.8) is 0 Å². The largest absolute Gasteiger partial charge is 0.459 e. The van der Waals surface area contributed by atoms with Crippen molar-refractivity contribution in [1.29, 1.82) is 0 Å². The van der Waals surface area contributed by atoms with Crippen LogP contribution >= 0.6 is 24.0 Å². The third-order valence-electron chi connectivity index (χ3n) is 7.55. The van der Waals surface area contributed by atoms with E-state index in [9.17, 15) is 9.59 Å². The van der Waals surface area contributed by atoms with Crippen molar-refractivity contribution >= 4 is 48.5 Å². The second-order valence-corrected chi connectivity index (χ2v) is 17.0. The summed E-state index contributed by atoms with van der Waals surface area (Å²) in [5.74, 6) is 0.0864. The fourth-order valence-electron chi connectivity index (χ4n) is 5.12. The number of unbranched alkanes of at least 4 members (excludes halogenated alkanes) is 1. The molecule has 1 aliphatic heterocycles. The molecule has 0 saturated carbocycles. The fraction of sp³-hybridized carbons (Fsp3) is 0.690. The monoisotopic (exact) mass is 565 g/mol. The molecule has 1 aliphatic rings. The van der Waals surface area contributed by atoms with Crippen LogP contribution in [0.25, 0.3) is 0 Å². The second-order valence-electron chi connectivity index (χ2n) is 10.6. The molecule has 8 heteroatoms. The molecule has 0 N–H and O–H groups in total. The Morgan fingerprint density at radius 1 is 1.08 bits per heavy atom. The van der Waals surface area contributed by atoms with Gasteiger partial charge in [-0.15, -0.1) is 0 Å². The Balaban J connectivity index is 2.47. The molecule has 1 amide bonds. The molecule has 208 valence electrons. The van der Waals surface area contributed by atoms with Gasteiger partial charge in [-0.3, -0.25) is 14.5 Å². The van der Waals surface area contributed by atoms with Gasteiger partial charge in [0.25, 0.3) is 0 Å². The standard InChI is InChI=1S/C29H47NO4S2Si/c1-8-12-18-24(28(32)30-25(20-36-29(30)35)23-16-14-13-15-17-23)27(33-26(31)19-21(5)6)22(7)34-37(9-2,10-3)11-4/h13-17,21-22,24-25,27H,8-12,18-20H2,1-7H3/t22-,24+,25-,27-/m0/s1. The van der Waals surface area contributed by atoms with Crippen LogP contribution in [-0.2, 0) is 18.8 Å². The van der Waals surface area contributed by atoms with Crippen LogP contribution in [0, 0.1) is 11.8 Å². The van der Waals surface area contributed by atoms with E-state index in [0.717, 1.165) is 42.3 Å². The van der Waals surface area contributed by atoms with Crippen molar-refractivity contribution < 1.29 is 18.8 Å². The average molecular weight is 566 g/mol. The number of nitrogens with zero attached hydrogens (tertiary/aromatic N) is 1. The molecule has 4 atom stereocenters.